The highest BCUT2D eigenvalue weighted by Gasteiger charge is 2.12. The number of esters is 2. The number of rotatable bonds is 5. The van der Waals surface area contributed by atoms with Gasteiger partial charge in [0.1, 0.15) is 5.70 Å². The highest BCUT2D eigenvalue weighted by Crippen LogP contribution is 2.19. The fourth-order valence-electron chi connectivity index (χ4n) is 1.82. The molecule has 0 saturated carbocycles. The normalized spacial score (nSPS) is 10.8. The molecule has 2 aromatic rings. The predicted molar refractivity (Wildman–Crippen MR) is 86.0 cm³/mol. The van der Waals surface area contributed by atoms with Crippen molar-refractivity contribution in [2.75, 3.05) is 19.5 Å². The average Bonchev–Trinajstić information content (AvgIpc) is 2.61. The van der Waals surface area contributed by atoms with Crippen LogP contribution in [0.25, 0.3) is 11.3 Å². The van der Waals surface area contributed by atoms with E-state index in [0.717, 1.165) is 11.6 Å². The lowest BCUT2D eigenvalue weighted by molar-refractivity contribution is -0.138. The Labute approximate surface area is 137 Å². The minimum Gasteiger partial charge on any atom is -0.466 e. The van der Waals surface area contributed by atoms with E-state index in [-0.39, 0.29) is 11.3 Å². The molecule has 0 amide bonds. The lowest BCUT2D eigenvalue weighted by atomic mass is 10.1. The zero-order valence-electron chi connectivity index (χ0n) is 13.0. The Morgan fingerprint density at radius 2 is 1.79 bits per heavy atom. The van der Waals surface area contributed by atoms with E-state index >= 15 is 0 Å². The standard InChI is InChI=1S/C16H15N3O5/c1-23-15(21)9-13(16(22)24-2)17-11-5-3-10(4-6-11)12-7-8-14(20)19-18-12/h3-9,17H,1-2H3,(H,19,20)/b13-9+. The first-order valence-electron chi connectivity index (χ1n) is 6.84. The second kappa shape index (κ2) is 7.73. The third kappa shape index (κ3) is 4.29. The Balaban J connectivity index is 2.21. The first kappa shape index (κ1) is 16.9. The van der Waals surface area contributed by atoms with Crippen molar-refractivity contribution in [2.24, 2.45) is 0 Å². The van der Waals surface area contributed by atoms with Gasteiger partial charge in [0.2, 0.25) is 0 Å². The number of nitrogens with one attached hydrogen (secondary N) is 2. The van der Waals surface area contributed by atoms with Crippen LogP contribution in [0.15, 0.2) is 53.0 Å². The van der Waals surface area contributed by atoms with Crippen LogP contribution in [0.5, 0.6) is 0 Å². The number of ether oxygens (including phenoxy) is 2. The van der Waals surface area contributed by atoms with Crippen molar-refractivity contribution in [2.45, 2.75) is 0 Å². The SMILES string of the molecule is COC(=O)/C=C(/Nc1ccc(-c2ccc(=O)[nH]n2)cc1)C(=O)OC. The molecule has 0 saturated heterocycles. The van der Waals surface area contributed by atoms with Gasteiger partial charge >= 0.3 is 11.9 Å². The van der Waals surface area contributed by atoms with Gasteiger partial charge in [-0.3, -0.25) is 4.79 Å². The number of carbonyl (C=O) groups excluding carboxylic acids is 2. The zero-order valence-corrected chi connectivity index (χ0v) is 13.0. The molecule has 1 aromatic heterocycles. The third-order valence-electron chi connectivity index (χ3n) is 3.01. The Morgan fingerprint density at radius 3 is 2.33 bits per heavy atom. The number of hydrogen-bond acceptors (Lipinski definition) is 7. The van der Waals surface area contributed by atoms with Crippen LogP contribution < -0.4 is 10.9 Å². The maximum Gasteiger partial charge on any atom is 0.354 e. The molecular formula is C16H15N3O5. The van der Waals surface area contributed by atoms with E-state index < -0.39 is 11.9 Å². The molecular weight excluding hydrogens is 314 g/mol. The lowest BCUT2D eigenvalue weighted by Crippen LogP contribution is -2.15. The number of benzene rings is 1. The maximum absolute atomic E-state index is 11.7. The van der Waals surface area contributed by atoms with E-state index in [1.807, 2.05) is 0 Å². The number of H-pyrrole nitrogens is 1. The summed E-state index contributed by atoms with van der Waals surface area (Å²) in [6.45, 7) is 0. The van der Waals surface area contributed by atoms with Crippen LogP contribution in [0.4, 0.5) is 5.69 Å². The summed E-state index contributed by atoms with van der Waals surface area (Å²) in [4.78, 5) is 34.0. The summed E-state index contributed by atoms with van der Waals surface area (Å²) in [6.07, 6.45) is 1.00. The quantitative estimate of drug-likeness (QED) is 0.624. The van der Waals surface area contributed by atoms with E-state index in [9.17, 15) is 14.4 Å². The fourth-order valence-corrected chi connectivity index (χ4v) is 1.82. The number of aromatic amines is 1. The summed E-state index contributed by atoms with van der Waals surface area (Å²) < 4.78 is 9.11. The molecule has 24 heavy (non-hydrogen) atoms. The predicted octanol–water partition coefficient (Wildman–Crippen LogP) is 1.08. The highest BCUT2D eigenvalue weighted by atomic mass is 16.5. The molecule has 0 fully saturated rings. The fraction of sp³-hybridized carbons (Fsp3) is 0.125. The number of methoxy groups -OCH3 is 2. The van der Waals surface area contributed by atoms with Gasteiger partial charge in [-0.1, -0.05) is 12.1 Å². The molecule has 0 unspecified atom stereocenters. The molecule has 0 aliphatic carbocycles. The Bertz CT molecular complexity index is 804. The van der Waals surface area contributed by atoms with E-state index in [1.54, 1.807) is 30.3 Å². The van der Waals surface area contributed by atoms with Crippen molar-refractivity contribution in [3.63, 3.8) is 0 Å². The minimum atomic E-state index is -0.702. The topological polar surface area (TPSA) is 110 Å². The molecule has 0 aliphatic heterocycles. The minimum absolute atomic E-state index is 0.0562. The molecule has 124 valence electrons. The van der Waals surface area contributed by atoms with Gasteiger partial charge in [-0.15, -0.1) is 0 Å². The van der Waals surface area contributed by atoms with Crippen molar-refractivity contribution >= 4 is 17.6 Å². The van der Waals surface area contributed by atoms with Gasteiger partial charge < -0.3 is 14.8 Å². The number of nitrogens with zero attached hydrogens (tertiary/aromatic N) is 1. The molecule has 2 N–H and O–H groups in total. The molecule has 0 radical (unpaired) electrons. The van der Waals surface area contributed by atoms with Crippen LogP contribution >= 0.6 is 0 Å². The molecule has 0 aliphatic rings. The number of anilines is 1. The van der Waals surface area contributed by atoms with E-state index in [4.69, 9.17) is 0 Å². The molecule has 1 heterocycles. The summed E-state index contributed by atoms with van der Waals surface area (Å²) in [5.74, 6) is -1.39. The maximum atomic E-state index is 11.7. The Hall–Kier alpha value is -3.42. The summed E-state index contributed by atoms with van der Waals surface area (Å²) in [6, 6.07) is 9.85. The van der Waals surface area contributed by atoms with Crippen LogP contribution in [0.1, 0.15) is 0 Å². The van der Waals surface area contributed by atoms with Crippen LogP contribution in [-0.4, -0.2) is 36.4 Å². The Morgan fingerprint density at radius 1 is 1.08 bits per heavy atom. The van der Waals surface area contributed by atoms with Crippen LogP contribution in [0.2, 0.25) is 0 Å². The zero-order chi connectivity index (χ0) is 17.5. The molecule has 0 bridgehead atoms. The largest absolute Gasteiger partial charge is 0.466 e. The third-order valence-corrected chi connectivity index (χ3v) is 3.01. The van der Waals surface area contributed by atoms with Crippen molar-refractivity contribution in [1.82, 2.24) is 10.2 Å². The highest BCUT2D eigenvalue weighted by molar-refractivity contribution is 5.98. The number of aromatic nitrogens is 2. The van der Waals surface area contributed by atoms with Crippen molar-refractivity contribution < 1.29 is 19.1 Å². The second-order valence-electron chi connectivity index (χ2n) is 4.58. The van der Waals surface area contributed by atoms with Gasteiger partial charge in [-0.25, -0.2) is 14.7 Å². The summed E-state index contributed by atoms with van der Waals surface area (Å²) in [7, 11) is 2.42. The summed E-state index contributed by atoms with van der Waals surface area (Å²) >= 11 is 0. The Kier molecular flexibility index (Phi) is 5.45. The molecule has 0 spiro atoms. The molecule has 1 aromatic carbocycles. The van der Waals surface area contributed by atoms with Crippen LogP contribution in [-0.2, 0) is 19.1 Å². The molecule has 0 atom stereocenters. The first-order valence-corrected chi connectivity index (χ1v) is 6.84. The van der Waals surface area contributed by atoms with Gasteiger partial charge in [0, 0.05) is 17.3 Å². The summed E-state index contributed by atoms with van der Waals surface area (Å²) in [5, 5.41) is 9.07. The molecule has 2 rings (SSSR count). The second-order valence-corrected chi connectivity index (χ2v) is 4.58. The molecule has 8 heteroatoms. The summed E-state index contributed by atoms with van der Waals surface area (Å²) in [5.41, 5.74) is 1.59. The van der Waals surface area contributed by atoms with E-state index in [2.05, 4.69) is 25.0 Å². The smallest absolute Gasteiger partial charge is 0.354 e. The average molecular weight is 329 g/mol. The van der Waals surface area contributed by atoms with E-state index in [0.29, 0.717) is 11.4 Å². The van der Waals surface area contributed by atoms with Gasteiger partial charge in [0.05, 0.1) is 26.0 Å². The van der Waals surface area contributed by atoms with Crippen molar-refractivity contribution in [3.8, 4) is 11.3 Å². The van der Waals surface area contributed by atoms with Gasteiger partial charge in [0.15, 0.2) is 0 Å². The van der Waals surface area contributed by atoms with Gasteiger partial charge in [-0.05, 0) is 18.2 Å². The van der Waals surface area contributed by atoms with Gasteiger partial charge in [0.25, 0.3) is 5.56 Å². The van der Waals surface area contributed by atoms with Crippen LogP contribution in [0, 0.1) is 0 Å². The van der Waals surface area contributed by atoms with Gasteiger partial charge in [-0.2, -0.15) is 5.10 Å². The monoisotopic (exact) mass is 329 g/mol. The lowest BCUT2D eigenvalue weighted by Gasteiger charge is -2.09. The van der Waals surface area contributed by atoms with E-state index in [1.165, 1.54) is 20.3 Å². The number of hydrogen-bond donors (Lipinski definition) is 2. The van der Waals surface area contributed by atoms with Crippen LogP contribution in [0.3, 0.4) is 0 Å². The first-order chi connectivity index (χ1) is 11.5. The van der Waals surface area contributed by atoms with Crippen molar-refractivity contribution in [1.29, 1.82) is 0 Å². The molecule has 8 nitrogen and oxygen atoms in total. The van der Waals surface area contributed by atoms with Crippen molar-refractivity contribution in [3.05, 3.63) is 58.5 Å². The number of carbonyl (C=O) groups is 2.